The predicted molar refractivity (Wildman–Crippen MR) is 339 cm³/mol. The topological polar surface area (TPSA) is 276 Å². The van der Waals surface area contributed by atoms with Gasteiger partial charge in [0.25, 0.3) is 0 Å². The van der Waals surface area contributed by atoms with Gasteiger partial charge in [0.05, 0.1) is 36.5 Å². The molecule has 9 rings (SSSR count). The van der Waals surface area contributed by atoms with Gasteiger partial charge in [0.2, 0.25) is 0 Å². The first-order valence-corrected chi connectivity index (χ1v) is 30.7. The van der Waals surface area contributed by atoms with Gasteiger partial charge in [-0.25, -0.2) is 28.8 Å². The van der Waals surface area contributed by atoms with Crippen LogP contribution < -0.4 is 45.3 Å². The molecule has 21 nitrogen and oxygen atoms in total. The van der Waals surface area contributed by atoms with Crippen molar-refractivity contribution in [1.29, 1.82) is 0 Å². The van der Waals surface area contributed by atoms with E-state index in [9.17, 15) is 43.2 Å². The number of ether oxygens (including phenoxy) is 9. The second kappa shape index (κ2) is 34.4. The monoisotopic (exact) mass is 1270 g/mol. The number of carbonyl (C=O) groups excluding carboxylic acids is 6. The van der Waals surface area contributed by atoms with Crippen molar-refractivity contribution in [1.82, 2.24) is 0 Å². The summed E-state index contributed by atoms with van der Waals surface area (Å²) in [5.41, 5.74) is 0.688. The minimum absolute atomic E-state index is 0.0914. The first kappa shape index (κ1) is 66.6. The molecule has 0 amide bonds. The van der Waals surface area contributed by atoms with E-state index in [1.54, 1.807) is 146 Å². The van der Waals surface area contributed by atoms with E-state index in [4.69, 9.17) is 55.9 Å². The molecule has 21 heteroatoms. The van der Waals surface area contributed by atoms with Gasteiger partial charge in [0, 0.05) is 53.6 Å². The number of fused-ring (bicyclic) bond motifs is 3. The van der Waals surface area contributed by atoms with Gasteiger partial charge in [-0.1, -0.05) is 38.5 Å². The van der Waals surface area contributed by atoms with Crippen molar-refractivity contribution < 1.29 is 84.7 Å². The molecule has 0 atom stereocenters. The lowest BCUT2D eigenvalue weighted by molar-refractivity contribution is -0.167. The zero-order valence-electron chi connectivity index (χ0n) is 50.9. The molecule has 93 heavy (non-hydrogen) atoms. The number of benzene rings is 6. The van der Waals surface area contributed by atoms with Crippen LogP contribution >= 0.6 is 0 Å². The molecule has 0 fully saturated rings. The van der Waals surface area contributed by atoms with Crippen LogP contribution in [0.4, 0.5) is 0 Å². The Balaban J connectivity index is 0.644. The molecule has 0 unspecified atom stereocenters. The van der Waals surface area contributed by atoms with Gasteiger partial charge >= 0.3 is 52.7 Å². The molecule has 0 saturated carbocycles. The molecule has 0 aliphatic carbocycles. The summed E-state index contributed by atoms with van der Waals surface area (Å²) in [4.78, 5) is 112. The fourth-order valence-electron chi connectivity index (χ4n) is 9.52. The van der Waals surface area contributed by atoms with E-state index in [0.29, 0.717) is 149 Å². The van der Waals surface area contributed by atoms with Crippen LogP contribution in [-0.4, -0.2) is 75.0 Å². The fourth-order valence-corrected chi connectivity index (χ4v) is 9.52. The molecule has 0 aliphatic rings. The molecular weight excluding hydrogens is 1200 g/mol. The summed E-state index contributed by atoms with van der Waals surface area (Å²) in [6, 6.07) is 42.4. The van der Waals surface area contributed by atoms with Crippen LogP contribution in [0.3, 0.4) is 0 Å². The molecular formula is C72H68O21. The Morgan fingerprint density at radius 3 is 0.925 bits per heavy atom. The molecule has 0 aliphatic heterocycles. The third kappa shape index (κ3) is 21.7. The van der Waals surface area contributed by atoms with Crippen molar-refractivity contribution in [2.45, 2.75) is 102 Å². The summed E-state index contributed by atoms with van der Waals surface area (Å²) in [5.74, 6) is -0.553. The van der Waals surface area contributed by atoms with Crippen LogP contribution in [-0.2, 0) is 28.6 Å². The molecule has 0 bridgehead atoms. The highest BCUT2D eigenvalue weighted by Gasteiger charge is 2.21. The van der Waals surface area contributed by atoms with Crippen LogP contribution in [0.25, 0.3) is 32.9 Å². The van der Waals surface area contributed by atoms with Gasteiger partial charge in [-0.2, -0.15) is 0 Å². The lowest BCUT2D eigenvalue weighted by atomic mass is 10.1. The highest BCUT2D eigenvalue weighted by molar-refractivity contribution is 5.93. The maximum atomic E-state index is 13.1. The van der Waals surface area contributed by atoms with Crippen molar-refractivity contribution in [3.8, 4) is 34.5 Å². The maximum Gasteiger partial charge on any atom is 0.343 e. The van der Waals surface area contributed by atoms with Crippen molar-refractivity contribution in [2.24, 2.45) is 0 Å². The minimum atomic E-state index is -1.02. The first-order valence-electron chi connectivity index (χ1n) is 30.7. The molecule has 0 spiro atoms. The van der Waals surface area contributed by atoms with Gasteiger partial charge in [-0.3, -0.25) is 14.4 Å². The van der Waals surface area contributed by atoms with E-state index >= 15 is 0 Å². The third-order valence-corrected chi connectivity index (χ3v) is 14.5. The van der Waals surface area contributed by atoms with Gasteiger partial charge < -0.3 is 55.9 Å². The highest BCUT2D eigenvalue weighted by atomic mass is 16.6. The molecule has 9 aromatic rings. The number of esters is 6. The summed E-state index contributed by atoms with van der Waals surface area (Å²) in [6.45, 7) is 0.645. The van der Waals surface area contributed by atoms with Crippen LogP contribution in [0.5, 0.6) is 34.5 Å². The molecule has 6 aromatic carbocycles. The van der Waals surface area contributed by atoms with E-state index in [2.05, 4.69) is 0 Å². The Kier molecular flexibility index (Phi) is 24.6. The van der Waals surface area contributed by atoms with E-state index in [1.807, 2.05) is 0 Å². The average molecular weight is 1270 g/mol. The Hall–Kier alpha value is -10.8. The van der Waals surface area contributed by atoms with Crippen LogP contribution in [0.2, 0.25) is 0 Å². The fraction of sp³-hybridized carbons (Fsp3) is 0.292. The van der Waals surface area contributed by atoms with E-state index in [0.717, 1.165) is 32.1 Å². The zero-order valence-corrected chi connectivity index (χ0v) is 50.9. The number of carbonyl (C=O) groups is 6. The molecule has 0 N–H and O–H groups in total. The Bertz CT molecular complexity index is 4000. The third-order valence-electron chi connectivity index (χ3n) is 14.5. The van der Waals surface area contributed by atoms with E-state index in [1.165, 1.54) is 18.2 Å². The van der Waals surface area contributed by atoms with Crippen LogP contribution in [0.15, 0.2) is 191 Å². The predicted octanol–water partition coefficient (Wildman–Crippen LogP) is 13.0. The minimum Gasteiger partial charge on any atom is -0.494 e. The second-order valence-electron chi connectivity index (χ2n) is 21.6. The molecule has 0 saturated heterocycles. The summed E-state index contributed by atoms with van der Waals surface area (Å²) in [7, 11) is 0. The Morgan fingerprint density at radius 2 is 0.602 bits per heavy atom. The molecule has 3 aromatic heterocycles. The lowest BCUT2D eigenvalue weighted by Gasteiger charge is -2.18. The van der Waals surface area contributed by atoms with Crippen molar-refractivity contribution in [3.05, 3.63) is 212 Å². The standard InChI is InChI=1S/C72H68O21/c73-64(13-7-1-4-10-40-82-54-25-16-48(17-26-54)70(79)88-57-31-34-61-51(43-57)22-37-67(76)91-61)85-46-60(87-66(75)15-9-3-6-12-42-84-56-29-20-50(21-30-56)72(81)90-59-33-36-63-53(45-59)24-39-69(78)93-63)47-86-65(74)14-8-2-5-11-41-83-55-27-18-49(19-28-55)71(80)89-58-32-35-62-52(44-58)23-38-68(77)92-62/h16-39,43-45,60H,1-15,40-42,46-47H2. The van der Waals surface area contributed by atoms with Gasteiger partial charge in [-0.05, 0) is 184 Å². The van der Waals surface area contributed by atoms with Crippen LogP contribution in [0.1, 0.15) is 127 Å². The lowest BCUT2D eigenvalue weighted by Crippen LogP contribution is -2.30. The molecule has 3 heterocycles. The summed E-state index contributed by atoms with van der Waals surface area (Å²) in [5, 5.41) is 1.84. The smallest absolute Gasteiger partial charge is 0.343 e. The van der Waals surface area contributed by atoms with Gasteiger partial charge in [0.15, 0.2) is 6.10 Å². The number of hydrogen-bond donors (Lipinski definition) is 0. The zero-order chi connectivity index (χ0) is 65.2. The molecule has 482 valence electrons. The van der Waals surface area contributed by atoms with Crippen LogP contribution in [0, 0.1) is 0 Å². The second-order valence-corrected chi connectivity index (χ2v) is 21.6. The largest absolute Gasteiger partial charge is 0.494 e. The number of hydrogen-bond acceptors (Lipinski definition) is 21. The van der Waals surface area contributed by atoms with Gasteiger partial charge in [0.1, 0.15) is 64.5 Å². The van der Waals surface area contributed by atoms with Crippen molar-refractivity contribution in [2.75, 3.05) is 33.0 Å². The summed E-state index contributed by atoms with van der Waals surface area (Å²) in [6.07, 6.45) is 7.50. The number of unbranched alkanes of at least 4 members (excludes halogenated alkanes) is 9. The Labute approximate surface area is 533 Å². The average Bonchev–Trinajstić information content (AvgIpc) is 1.17. The van der Waals surface area contributed by atoms with Crippen molar-refractivity contribution >= 4 is 68.7 Å². The molecule has 0 radical (unpaired) electrons. The highest BCUT2D eigenvalue weighted by Crippen LogP contribution is 2.26. The summed E-state index contributed by atoms with van der Waals surface area (Å²) >= 11 is 0. The maximum absolute atomic E-state index is 13.1. The van der Waals surface area contributed by atoms with E-state index in [-0.39, 0.29) is 32.5 Å². The summed E-state index contributed by atoms with van der Waals surface area (Å²) < 4.78 is 66.2. The van der Waals surface area contributed by atoms with Crippen molar-refractivity contribution in [3.63, 3.8) is 0 Å². The van der Waals surface area contributed by atoms with E-state index < -0.39 is 58.8 Å². The normalized spacial score (nSPS) is 11.1. The number of rotatable bonds is 35. The van der Waals surface area contributed by atoms with Gasteiger partial charge in [-0.15, -0.1) is 0 Å². The first-order chi connectivity index (χ1) is 45.2. The quantitative estimate of drug-likeness (QED) is 0.0117. The Morgan fingerprint density at radius 1 is 0.312 bits per heavy atom. The SMILES string of the molecule is O=C(CCCCCCOc1ccc(C(=O)Oc2ccc3oc(=O)ccc3c2)cc1)OCC(COC(=O)CCCCCCOc1ccc(C(=O)Oc2ccc3oc(=O)ccc3c2)cc1)OC(=O)CCCCCCOc1ccc(C(=O)Oc2ccc3oc(=O)ccc3c2)cc1.